The number of para-hydroxylation sites is 1. The number of halogens is 2. The lowest BCUT2D eigenvalue weighted by atomic mass is 10.1. The van der Waals surface area contributed by atoms with Gasteiger partial charge in [0.25, 0.3) is 0 Å². The van der Waals surface area contributed by atoms with Gasteiger partial charge in [0.05, 0.1) is 17.9 Å². The minimum absolute atomic E-state index is 0. The van der Waals surface area contributed by atoms with Crippen molar-refractivity contribution in [3.63, 3.8) is 0 Å². The molecule has 29 heavy (non-hydrogen) atoms. The summed E-state index contributed by atoms with van der Waals surface area (Å²) >= 11 is 3.66. The van der Waals surface area contributed by atoms with Crippen molar-refractivity contribution in [2.45, 2.75) is 18.5 Å². The Balaban J connectivity index is 0.00000300. The lowest BCUT2D eigenvalue weighted by Gasteiger charge is -2.26. The molecule has 1 saturated heterocycles. The molecular formula is C20H31BrIN7. The Labute approximate surface area is 199 Å². The Morgan fingerprint density at radius 3 is 2.76 bits per heavy atom. The van der Waals surface area contributed by atoms with Gasteiger partial charge < -0.3 is 20.4 Å². The molecule has 0 amide bonds. The fourth-order valence-electron chi connectivity index (χ4n) is 3.60. The molecule has 2 unspecified atom stereocenters. The fraction of sp³-hybridized carbons (Fsp3) is 0.500. The van der Waals surface area contributed by atoms with Crippen LogP contribution in [-0.2, 0) is 7.05 Å². The van der Waals surface area contributed by atoms with Crippen LogP contribution in [0.5, 0.6) is 0 Å². The van der Waals surface area contributed by atoms with Gasteiger partial charge in [-0.1, -0.05) is 12.1 Å². The molecule has 0 spiro atoms. The molecule has 2 atom stereocenters. The number of aliphatic imine (C=N–C) groups is 1. The Kier molecular flexibility index (Phi) is 9.22. The summed E-state index contributed by atoms with van der Waals surface area (Å²) in [4.78, 5) is 9.03. The number of nitrogens with one attached hydrogen (secondary N) is 2. The molecule has 0 saturated carbocycles. The number of aryl methyl sites for hydroxylation is 1. The van der Waals surface area contributed by atoms with Crippen LogP contribution in [0.15, 0.2) is 46.1 Å². The highest BCUT2D eigenvalue weighted by atomic mass is 127. The summed E-state index contributed by atoms with van der Waals surface area (Å²) in [5.41, 5.74) is 2.44. The van der Waals surface area contributed by atoms with E-state index in [0.29, 0.717) is 6.04 Å². The summed E-state index contributed by atoms with van der Waals surface area (Å²) in [7, 11) is 7.94. The normalized spacial score (nSPS) is 17.9. The third kappa shape index (κ3) is 6.32. The molecule has 3 rings (SSSR count). The average molecular weight is 576 g/mol. The van der Waals surface area contributed by atoms with Crippen LogP contribution in [0.4, 0.5) is 5.69 Å². The lowest BCUT2D eigenvalue weighted by Crippen LogP contribution is -2.46. The van der Waals surface area contributed by atoms with Gasteiger partial charge in [-0.25, -0.2) is 0 Å². The van der Waals surface area contributed by atoms with Crippen LogP contribution >= 0.6 is 39.9 Å². The fourth-order valence-corrected chi connectivity index (χ4v) is 4.13. The number of nitrogens with zero attached hydrogens (tertiary/aromatic N) is 5. The predicted octanol–water partition coefficient (Wildman–Crippen LogP) is 2.85. The summed E-state index contributed by atoms with van der Waals surface area (Å²) in [6.07, 6.45) is 5.08. The second-order valence-corrected chi connectivity index (χ2v) is 8.26. The van der Waals surface area contributed by atoms with Crippen molar-refractivity contribution in [1.82, 2.24) is 25.3 Å². The van der Waals surface area contributed by atoms with E-state index in [4.69, 9.17) is 0 Å². The Bertz CT molecular complexity index is 808. The highest BCUT2D eigenvalue weighted by molar-refractivity contribution is 14.0. The molecule has 0 aliphatic carbocycles. The van der Waals surface area contributed by atoms with Crippen LogP contribution in [0, 0.1) is 0 Å². The van der Waals surface area contributed by atoms with Crippen molar-refractivity contribution in [2.24, 2.45) is 12.0 Å². The van der Waals surface area contributed by atoms with Gasteiger partial charge in [0.1, 0.15) is 0 Å². The summed E-state index contributed by atoms with van der Waals surface area (Å²) in [6, 6.07) is 8.99. The molecule has 2 N–H and O–H groups in total. The van der Waals surface area contributed by atoms with Crippen molar-refractivity contribution in [3.05, 3.63) is 46.7 Å². The van der Waals surface area contributed by atoms with Crippen LogP contribution in [0.2, 0.25) is 0 Å². The van der Waals surface area contributed by atoms with Crippen LogP contribution in [0.25, 0.3) is 0 Å². The van der Waals surface area contributed by atoms with Crippen LogP contribution < -0.4 is 15.5 Å². The molecule has 0 radical (unpaired) electrons. The van der Waals surface area contributed by atoms with Crippen molar-refractivity contribution in [2.75, 3.05) is 45.7 Å². The minimum Gasteiger partial charge on any atom is -0.368 e. The first kappa shape index (κ1) is 23.9. The smallest absolute Gasteiger partial charge is 0.191 e. The Hall–Kier alpha value is -1.33. The number of aromatic nitrogens is 2. The van der Waals surface area contributed by atoms with E-state index in [9.17, 15) is 0 Å². The summed E-state index contributed by atoms with van der Waals surface area (Å²) < 4.78 is 2.98. The predicted molar refractivity (Wildman–Crippen MR) is 134 cm³/mol. The third-order valence-electron chi connectivity index (χ3n) is 5.14. The highest BCUT2D eigenvalue weighted by Crippen LogP contribution is 2.28. The molecule has 2 heterocycles. The van der Waals surface area contributed by atoms with Crippen LogP contribution in [0.1, 0.15) is 18.0 Å². The summed E-state index contributed by atoms with van der Waals surface area (Å²) in [5, 5.41) is 11.4. The van der Waals surface area contributed by atoms with Crippen molar-refractivity contribution in [3.8, 4) is 0 Å². The zero-order valence-electron chi connectivity index (χ0n) is 17.5. The van der Waals surface area contributed by atoms with Crippen molar-refractivity contribution >= 4 is 51.6 Å². The van der Waals surface area contributed by atoms with Gasteiger partial charge in [0, 0.05) is 56.0 Å². The summed E-state index contributed by atoms with van der Waals surface area (Å²) in [6.45, 7) is 2.76. The highest BCUT2D eigenvalue weighted by Gasteiger charge is 2.25. The molecular weight excluding hydrogens is 545 g/mol. The van der Waals surface area contributed by atoms with E-state index in [1.165, 1.54) is 11.3 Å². The number of guanidine groups is 1. The standard InChI is InChI=1S/C20H30BrN7.HI/c1-22-20(23-12-19(26(2)3)15-11-24-27(4)13-15)25-16-9-10-28(14-16)18-8-6-5-7-17(18)21;/h5-8,11,13,16,19H,9-10,12,14H2,1-4H3,(H2,22,23,25);1H. The molecule has 0 bridgehead atoms. The zero-order chi connectivity index (χ0) is 20.1. The third-order valence-corrected chi connectivity index (χ3v) is 5.81. The molecule has 1 aliphatic rings. The maximum Gasteiger partial charge on any atom is 0.191 e. The minimum atomic E-state index is 0. The van der Waals surface area contributed by atoms with E-state index in [1.54, 1.807) is 0 Å². The number of likely N-dealkylation sites (N-methyl/N-ethyl adjacent to an activating group) is 1. The average Bonchev–Trinajstić information content (AvgIpc) is 3.30. The van der Waals surface area contributed by atoms with E-state index < -0.39 is 0 Å². The second-order valence-electron chi connectivity index (χ2n) is 7.41. The van der Waals surface area contributed by atoms with E-state index >= 15 is 0 Å². The number of anilines is 1. The molecule has 160 valence electrons. The molecule has 1 aliphatic heterocycles. The quantitative estimate of drug-likeness (QED) is 0.315. The molecule has 1 aromatic carbocycles. The largest absolute Gasteiger partial charge is 0.368 e. The molecule has 1 aromatic heterocycles. The lowest BCUT2D eigenvalue weighted by molar-refractivity contribution is 0.298. The number of benzene rings is 1. The van der Waals surface area contributed by atoms with Crippen molar-refractivity contribution in [1.29, 1.82) is 0 Å². The van der Waals surface area contributed by atoms with Gasteiger partial charge >= 0.3 is 0 Å². The van der Waals surface area contributed by atoms with E-state index in [1.807, 2.05) is 25.0 Å². The topological polar surface area (TPSA) is 60.7 Å². The number of rotatable bonds is 6. The van der Waals surface area contributed by atoms with E-state index in [-0.39, 0.29) is 30.0 Å². The van der Waals surface area contributed by atoms with Gasteiger partial charge in [-0.3, -0.25) is 9.67 Å². The molecule has 1 fully saturated rings. The Morgan fingerprint density at radius 2 is 2.14 bits per heavy atom. The first-order valence-corrected chi connectivity index (χ1v) is 10.4. The summed E-state index contributed by atoms with van der Waals surface area (Å²) in [5.74, 6) is 0.842. The second kappa shape index (κ2) is 11.2. The van der Waals surface area contributed by atoms with Gasteiger partial charge in [-0.15, -0.1) is 24.0 Å². The van der Waals surface area contributed by atoms with Crippen molar-refractivity contribution < 1.29 is 0 Å². The number of hydrogen-bond donors (Lipinski definition) is 2. The van der Waals surface area contributed by atoms with Gasteiger partial charge in [0.15, 0.2) is 5.96 Å². The molecule has 7 nitrogen and oxygen atoms in total. The van der Waals surface area contributed by atoms with Gasteiger partial charge in [-0.05, 0) is 48.6 Å². The maximum absolute atomic E-state index is 4.42. The van der Waals surface area contributed by atoms with Crippen LogP contribution in [-0.4, -0.2) is 67.5 Å². The number of hydrogen-bond acceptors (Lipinski definition) is 4. The first-order chi connectivity index (χ1) is 13.5. The van der Waals surface area contributed by atoms with Crippen LogP contribution in [0.3, 0.4) is 0 Å². The molecule has 2 aromatic rings. The monoisotopic (exact) mass is 575 g/mol. The zero-order valence-corrected chi connectivity index (χ0v) is 21.4. The molecule has 9 heteroatoms. The van der Waals surface area contributed by atoms with E-state index in [0.717, 1.165) is 36.5 Å². The maximum atomic E-state index is 4.42. The first-order valence-electron chi connectivity index (χ1n) is 9.59. The van der Waals surface area contributed by atoms with Gasteiger partial charge in [-0.2, -0.15) is 5.10 Å². The SMILES string of the molecule is CN=C(NCC(c1cnn(C)c1)N(C)C)NC1CCN(c2ccccc2Br)C1.I. The Morgan fingerprint density at radius 1 is 1.38 bits per heavy atom. The van der Waals surface area contributed by atoms with E-state index in [2.05, 4.69) is 91.0 Å². The van der Waals surface area contributed by atoms with Gasteiger partial charge in [0.2, 0.25) is 0 Å².